The number of nitrogens with zero attached hydrogens (tertiary/aromatic N) is 5. The van der Waals surface area contributed by atoms with E-state index in [1.54, 1.807) is 21.2 Å². The molecule has 8 nitrogen and oxygen atoms in total. The van der Waals surface area contributed by atoms with E-state index in [1.165, 1.54) is 29.8 Å². The van der Waals surface area contributed by atoms with Crippen molar-refractivity contribution in [2.75, 3.05) is 5.73 Å². The summed E-state index contributed by atoms with van der Waals surface area (Å²) in [6.07, 6.45) is 1.45. The number of nitrogens with two attached hydrogens (primary N) is 1. The van der Waals surface area contributed by atoms with Crippen LogP contribution in [-0.2, 0) is 6.54 Å². The maximum Gasteiger partial charge on any atom is 0.264 e. The van der Waals surface area contributed by atoms with Crippen molar-refractivity contribution in [2.24, 2.45) is 0 Å². The molecule has 0 radical (unpaired) electrons. The summed E-state index contributed by atoms with van der Waals surface area (Å²) in [6, 6.07) is 15.6. The predicted molar refractivity (Wildman–Crippen MR) is 152 cm³/mol. The summed E-state index contributed by atoms with van der Waals surface area (Å²) in [5.74, 6) is 0.641. The second-order valence-electron chi connectivity index (χ2n) is 9.57. The third kappa shape index (κ3) is 4.42. The molecule has 2 aromatic carbocycles. The number of rotatable bonds is 6. The molecule has 0 saturated heterocycles. The molecular formula is C29H25FN6O2S. The summed E-state index contributed by atoms with van der Waals surface area (Å²) < 4.78 is 23.4. The number of thiazole rings is 1. The first kappa shape index (κ1) is 24.7. The van der Waals surface area contributed by atoms with Crippen LogP contribution in [0, 0.1) is 12.7 Å². The van der Waals surface area contributed by atoms with Crippen molar-refractivity contribution in [3.05, 3.63) is 93.7 Å². The maximum absolute atomic E-state index is 14.3. The number of hydrogen-bond acceptors (Lipinski definition) is 7. The van der Waals surface area contributed by atoms with Crippen molar-refractivity contribution in [3.63, 3.8) is 0 Å². The second kappa shape index (κ2) is 9.63. The highest BCUT2D eigenvalue weighted by Gasteiger charge is 2.21. The van der Waals surface area contributed by atoms with E-state index in [0.29, 0.717) is 39.2 Å². The molecule has 0 aliphatic heterocycles. The number of aromatic nitrogens is 5. The predicted octanol–water partition coefficient (Wildman–Crippen LogP) is 5.70. The van der Waals surface area contributed by atoms with E-state index in [1.807, 2.05) is 56.5 Å². The minimum absolute atomic E-state index is 0.0563. The summed E-state index contributed by atoms with van der Waals surface area (Å²) >= 11 is 1.48. The average molecular weight is 541 g/mol. The number of nitrogen functional groups attached to an aromatic ring is 1. The number of anilines is 1. The molecule has 0 saturated carbocycles. The van der Waals surface area contributed by atoms with Crippen LogP contribution in [0.4, 0.5) is 10.2 Å². The monoisotopic (exact) mass is 540 g/mol. The van der Waals surface area contributed by atoms with E-state index < -0.39 is 5.82 Å². The summed E-state index contributed by atoms with van der Waals surface area (Å²) in [5, 5.41) is 7.43. The van der Waals surface area contributed by atoms with E-state index in [-0.39, 0.29) is 18.2 Å². The molecule has 196 valence electrons. The highest BCUT2D eigenvalue weighted by molar-refractivity contribution is 7.15. The van der Waals surface area contributed by atoms with Gasteiger partial charge in [-0.05, 0) is 74.4 Å². The molecule has 39 heavy (non-hydrogen) atoms. The first-order chi connectivity index (χ1) is 18.8. The van der Waals surface area contributed by atoms with E-state index in [2.05, 4.69) is 9.97 Å². The molecule has 0 aliphatic carbocycles. The van der Waals surface area contributed by atoms with Crippen LogP contribution in [0.15, 0.2) is 71.1 Å². The fourth-order valence-corrected chi connectivity index (χ4v) is 5.74. The van der Waals surface area contributed by atoms with Gasteiger partial charge in [0, 0.05) is 16.6 Å². The molecule has 0 atom stereocenters. The molecule has 0 fully saturated rings. The molecule has 0 unspecified atom stereocenters. The minimum atomic E-state index is -0.415. The van der Waals surface area contributed by atoms with Crippen LogP contribution in [0.25, 0.3) is 38.2 Å². The molecule has 0 amide bonds. The highest BCUT2D eigenvalue weighted by Crippen LogP contribution is 2.33. The Morgan fingerprint density at radius 3 is 2.62 bits per heavy atom. The van der Waals surface area contributed by atoms with Gasteiger partial charge >= 0.3 is 0 Å². The molecule has 6 rings (SSSR count). The van der Waals surface area contributed by atoms with Gasteiger partial charge < -0.3 is 10.5 Å². The Labute approximate surface area is 227 Å². The lowest BCUT2D eigenvalue weighted by molar-refractivity contribution is 0.242. The largest absolute Gasteiger partial charge is 0.491 e. The fourth-order valence-electron chi connectivity index (χ4n) is 4.80. The van der Waals surface area contributed by atoms with Crippen LogP contribution >= 0.6 is 11.3 Å². The van der Waals surface area contributed by atoms with Crippen LogP contribution in [-0.4, -0.2) is 30.3 Å². The lowest BCUT2D eigenvalue weighted by atomic mass is 10.0. The van der Waals surface area contributed by atoms with E-state index >= 15 is 0 Å². The second-order valence-corrected chi connectivity index (χ2v) is 10.5. The Morgan fingerprint density at radius 2 is 1.87 bits per heavy atom. The molecule has 4 aromatic heterocycles. The van der Waals surface area contributed by atoms with Crippen molar-refractivity contribution in [1.82, 2.24) is 24.1 Å². The van der Waals surface area contributed by atoms with Crippen LogP contribution in [0.5, 0.6) is 5.75 Å². The summed E-state index contributed by atoms with van der Waals surface area (Å²) in [7, 11) is 0. The molecule has 6 aromatic rings. The Bertz CT molecular complexity index is 1910. The van der Waals surface area contributed by atoms with E-state index in [9.17, 15) is 9.18 Å². The Hall–Kier alpha value is -4.57. The lowest BCUT2D eigenvalue weighted by Gasteiger charge is -2.12. The summed E-state index contributed by atoms with van der Waals surface area (Å²) in [6.45, 7) is 6.04. The quantitative estimate of drug-likeness (QED) is 0.291. The number of hydrogen-bond donors (Lipinski definition) is 1. The summed E-state index contributed by atoms with van der Waals surface area (Å²) in [5.41, 5.74) is 10.5. The average Bonchev–Trinajstić information content (AvgIpc) is 3.46. The van der Waals surface area contributed by atoms with Gasteiger partial charge in [-0.2, -0.15) is 5.10 Å². The van der Waals surface area contributed by atoms with Gasteiger partial charge in [-0.15, -0.1) is 11.3 Å². The SMILES string of the molecule is Cc1csc2cc(Cn3nc(-c4ccc(OC(C)C)cc4)c4c(N)ncnc43)c(-c3cccc(F)c3)c(=O)n12. The van der Waals surface area contributed by atoms with Crippen molar-refractivity contribution in [2.45, 2.75) is 33.4 Å². The molecule has 0 aliphatic rings. The zero-order valence-electron chi connectivity index (χ0n) is 21.6. The van der Waals surface area contributed by atoms with Gasteiger partial charge in [-0.3, -0.25) is 9.20 Å². The minimum Gasteiger partial charge on any atom is -0.491 e. The molecule has 2 N–H and O–H groups in total. The zero-order valence-corrected chi connectivity index (χ0v) is 22.4. The van der Waals surface area contributed by atoms with Gasteiger partial charge in [0.2, 0.25) is 0 Å². The topological polar surface area (TPSA) is 100 Å². The molecule has 10 heteroatoms. The standard InChI is InChI=1S/C29H25FN6O2S/c1-16(2)38-22-9-7-18(8-10-22)26-25-27(31)32-15-33-28(25)35(34-26)13-20-12-23-36(17(3)14-39-23)29(37)24(20)19-5-4-6-21(30)11-19/h4-12,14-16H,13H2,1-3H3,(H2,31,32,33). The van der Waals surface area contributed by atoms with Gasteiger partial charge in [0.25, 0.3) is 5.56 Å². The number of pyridine rings is 1. The van der Waals surface area contributed by atoms with Crippen LogP contribution in [0.3, 0.4) is 0 Å². The molecule has 0 spiro atoms. The fraction of sp³-hybridized carbons (Fsp3) is 0.172. The maximum atomic E-state index is 14.3. The Morgan fingerprint density at radius 1 is 1.08 bits per heavy atom. The normalized spacial score (nSPS) is 11.6. The van der Waals surface area contributed by atoms with Gasteiger partial charge in [0.15, 0.2) is 5.65 Å². The van der Waals surface area contributed by atoms with E-state index in [0.717, 1.165) is 21.8 Å². The van der Waals surface area contributed by atoms with Crippen molar-refractivity contribution >= 4 is 33.0 Å². The number of ether oxygens (including phenoxy) is 1. The lowest BCUT2D eigenvalue weighted by Crippen LogP contribution is -2.19. The summed E-state index contributed by atoms with van der Waals surface area (Å²) in [4.78, 5) is 23.2. The van der Waals surface area contributed by atoms with Gasteiger partial charge in [0.1, 0.15) is 34.2 Å². The zero-order chi connectivity index (χ0) is 27.3. The van der Waals surface area contributed by atoms with Crippen molar-refractivity contribution < 1.29 is 9.13 Å². The van der Waals surface area contributed by atoms with Crippen LogP contribution < -0.4 is 16.0 Å². The number of halogens is 1. The third-order valence-corrected chi connectivity index (χ3v) is 7.45. The van der Waals surface area contributed by atoms with Crippen molar-refractivity contribution in [1.29, 1.82) is 0 Å². The smallest absolute Gasteiger partial charge is 0.264 e. The number of fused-ring (bicyclic) bond motifs is 2. The van der Waals surface area contributed by atoms with Crippen LogP contribution in [0.1, 0.15) is 25.1 Å². The Kier molecular flexibility index (Phi) is 6.11. The van der Waals surface area contributed by atoms with Crippen molar-refractivity contribution in [3.8, 4) is 28.1 Å². The number of aryl methyl sites for hydroxylation is 1. The number of benzene rings is 2. The van der Waals surface area contributed by atoms with E-state index in [4.69, 9.17) is 15.6 Å². The first-order valence-electron chi connectivity index (χ1n) is 12.4. The molecule has 0 bridgehead atoms. The first-order valence-corrected chi connectivity index (χ1v) is 13.3. The molecule has 4 heterocycles. The van der Waals surface area contributed by atoms with Gasteiger partial charge in [-0.25, -0.2) is 19.0 Å². The highest BCUT2D eigenvalue weighted by atomic mass is 32.1. The Balaban J connectivity index is 1.53. The van der Waals surface area contributed by atoms with Gasteiger partial charge in [-0.1, -0.05) is 12.1 Å². The third-order valence-electron chi connectivity index (χ3n) is 6.45. The van der Waals surface area contributed by atoms with Gasteiger partial charge in [0.05, 0.1) is 23.6 Å². The van der Waals surface area contributed by atoms with Crippen LogP contribution in [0.2, 0.25) is 0 Å². The molecular weight excluding hydrogens is 515 g/mol.